The van der Waals surface area contributed by atoms with Gasteiger partial charge in [0.15, 0.2) is 6.29 Å². The molecule has 0 aliphatic carbocycles. The largest absolute Gasteiger partial charge is 0.330 e. The molecular weight excluding hydrogens is 294 g/mol. The van der Waals surface area contributed by atoms with E-state index in [1.165, 1.54) is 0 Å². The topological polar surface area (TPSA) is 22.0 Å². The molecule has 0 saturated heterocycles. The van der Waals surface area contributed by atoms with E-state index in [2.05, 4.69) is 11.8 Å². The molecule has 3 heteroatoms. The minimum Gasteiger partial charge on any atom is -0.330 e. The summed E-state index contributed by atoms with van der Waals surface area (Å²) in [5.74, 6) is 6.28. The van der Waals surface area contributed by atoms with Crippen LogP contribution in [-0.4, -0.2) is 10.9 Å². The van der Waals surface area contributed by atoms with Gasteiger partial charge in [0, 0.05) is 29.4 Å². The summed E-state index contributed by atoms with van der Waals surface area (Å²) in [5.41, 5.74) is 2.52. The number of carbonyl (C=O) groups is 1. The van der Waals surface area contributed by atoms with E-state index in [-0.39, 0.29) is 0 Å². The molecule has 0 saturated carbocycles. The number of aldehydes is 1. The summed E-state index contributed by atoms with van der Waals surface area (Å²) in [5, 5.41) is 1.37. The second-order valence-corrected chi connectivity index (χ2v) is 5.27. The summed E-state index contributed by atoms with van der Waals surface area (Å²) in [6.45, 7) is 0.660. The van der Waals surface area contributed by atoms with Crippen LogP contribution < -0.4 is 0 Å². The number of carbonyl (C=O) groups excluding carboxylic acids is 1. The van der Waals surface area contributed by atoms with Crippen LogP contribution in [0.3, 0.4) is 0 Å². The van der Waals surface area contributed by atoms with Gasteiger partial charge in [0.2, 0.25) is 0 Å². The first-order valence-corrected chi connectivity index (χ1v) is 7.45. The third kappa shape index (κ3) is 2.77. The molecule has 0 amide bonds. The van der Waals surface area contributed by atoms with Crippen molar-refractivity contribution in [3.63, 3.8) is 0 Å². The van der Waals surface area contributed by atoms with Crippen LogP contribution in [0.1, 0.15) is 22.3 Å². The number of benzene rings is 2. The van der Waals surface area contributed by atoms with Gasteiger partial charge in [-0.05, 0) is 18.2 Å². The lowest BCUT2D eigenvalue weighted by molar-refractivity contribution is 0.112. The first-order valence-electron chi connectivity index (χ1n) is 7.07. The highest BCUT2D eigenvalue weighted by molar-refractivity contribution is 6.34. The molecule has 3 rings (SSSR count). The SMILES string of the molecule is O=Cc1c(Cl)n(CCC#Cc2ccccc2)c2ccccc12. The van der Waals surface area contributed by atoms with Crippen LogP contribution in [0.4, 0.5) is 0 Å². The van der Waals surface area contributed by atoms with Crippen molar-refractivity contribution in [2.75, 3.05) is 0 Å². The van der Waals surface area contributed by atoms with Crippen molar-refractivity contribution in [1.82, 2.24) is 4.57 Å². The average molecular weight is 308 g/mol. The molecule has 1 aromatic heterocycles. The van der Waals surface area contributed by atoms with Gasteiger partial charge in [0.25, 0.3) is 0 Å². The summed E-state index contributed by atoms with van der Waals surface area (Å²) in [7, 11) is 0. The van der Waals surface area contributed by atoms with Crippen LogP contribution in [0.5, 0.6) is 0 Å². The number of fused-ring (bicyclic) bond motifs is 1. The number of para-hydroxylation sites is 1. The molecule has 0 aliphatic rings. The Hall–Kier alpha value is -2.50. The van der Waals surface area contributed by atoms with E-state index < -0.39 is 0 Å². The Morgan fingerprint density at radius 1 is 1.05 bits per heavy atom. The number of nitrogens with zero attached hydrogens (tertiary/aromatic N) is 1. The molecule has 0 radical (unpaired) electrons. The maximum absolute atomic E-state index is 11.2. The second-order valence-electron chi connectivity index (χ2n) is 4.91. The molecule has 0 atom stereocenters. The van der Waals surface area contributed by atoms with Gasteiger partial charge in [0.05, 0.1) is 5.56 Å². The number of halogens is 1. The van der Waals surface area contributed by atoms with E-state index in [1.807, 2.05) is 59.2 Å². The Bertz CT molecular complexity index is 869. The van der Waals surface area contributed by atoms with Crippen LogP contribution in [0, 0.1) is 11.8 Å². The zero-order chi connectivity index (χ0) is 15.4. The average Bonchev–Trinajstić information content (AvgIpc) is 2.84. The van der Waals surface area contributed by atoms with E-state index in [1.54, 1.807) is 0 Å². The quantitative estimate of drug-likeness (QED) is 0.514. The Morgan fingerprint density at radius 2 is 1.77 bits per heavy atom. The molecule has 2 nitrogen and oxygen atoms in total. The Labute approximate surface area is 134 Å². The van der Waals surface area contributed by atoms with Crippen molar-refractivity contribution in [3.05, 3.63) is 70.9 Å². The van der Waals surface area contributed by atoms with Gasteiger partial charge in [-0.1, -0.05) is 59.8 Å². The van der Waals surface area contributed by atoms with Gasteiger partial charge < -0.3 is 4.57 Å². The Morgan fingerprint density at radius 3 is 2.55 bits per heavy atom. The van der Waals surface area contributed by atoms with Crippen LogP contribution in [0.25, 0.3) is 10.9 Å². The molecule has 3 aromatic rings. The van der Waals surface area contributed by atoms with Crippen LogP contribution in [0.2, 0.25) is 5.15 Å². The lowest BCUT2D eigenvalue weighted by Gasteiger charge is -2.03. The summed E-state index contributed by atoms with van der Waals surface area (Å²) in [4.78, 5) is 11.2. The molecule has 0 spiro atoms. The minimum atomic E-state index is 0.484. The van der Waals surface area contributed by atoms with Gasteiger partial charge in [-0.2, -0.15) is 0 Å². The van der Waals surface area contributed by atoms with E-state index in [0.29, 0.717) is 23.7 Å². The molecular formula is C19H14ClNO. The zero-order valence-corrected chi connectivity index (χ0v) is 12.7. The van der Waals surface area contributed by atoms with Gasteiger partial charge in [-0.25, -0.2) is 0 Å². The summed E-state index contributed by atoms with van der Waals surface area (Å²) in [6.07, 6.45) is 1.49. The van der Waals surface area contributed by atoms with E-state index in [9.17, 15) is 4.79 Å². The molecule has 22 heavy (non-hydrogen) atoms. The fourth-order valence-electron chi connectivity index (χ4n) is 2.48. The number of hydrogen-bond acceptors (Lipinski definition) is 1. The predicted molar refractivity (Wildman–Crippen MR) is 90.3 cm³/mol. The Kier molecular flexibility index (Phi) is 4.27. The van der Waals surface area contributed by atoms with Crippen molar-refractivity contribution >= 4 is 28.8 Å². The highest BCUT2D eigenvalue weighted by Gasteiger charge is 2.13. The smallest absolute Gasteiger partial charge is 0.153 e. The maximum Gasteiger partial charge on any atom is 0.153 e. The van der Waals surface area contributed by atoms with Gasteiger partial charge in [0.1, 0.15) is 5.15 Å². The van der Waals surface area contributed by atoms with Crippen molar-refractivity contribution in [2.45, 2.75) is 13.0 Å². The maximum atomic E-state index is 11.2. The number of aryl methyl sites for hydroxylation is 1. The van der Waals surface area contributed by atoms with Crippen LogP contribution >= 0.6 is 11.6 Å². The molecule has 2 aromatic carbocycles. The van der Waals surface area contributed by atoms with Crippen molar-refractivity contribution in [2.24, 2.45) is 0 Å². The van der Waals surface area contributed by atoms with Crippen molar-refractivity contribution in [3.8, 4) is 11.8 Å². The minimum absolute atomic E-state index is 0.484. The zero-order valence-electron chi connectivity index (χ0n) is 11.9. The number of aromatic nitrogens is 1. The summed E-state index contributed by atoms with van der Waals surface area (Å²) >= 11 is 6.33. The molecule has 0 aliphatic heterocycles. The second kappa shape index (κ2) is 6.51. The van der Waals surface area contributed by atoms with Crippen LogP contribution in [-0.2, 0) is 6.54 Å². The van der Waals surface area contributed by atoms with E-state index in [4.69, 9.17) is 11.6 Å². The molecule has 0 unspecified atom stereocenters. The van der Waals surface area contributed by atoms with Crippen molar-refractivity contribution in [1.29, 1.82) is 0 Å². The third-order valence-electron chi connectivity index (χ3n) is 3.53. The first-order chi connectivity index (χ1) is 10.8. The molecule has 0 fully saturated rings. The normalized spacial score (nSPS) is 10.2. The number of hydrogen-bond donors (Lipinski definition) is 0. The van der Waals surface area contributed by atoms with Gasteiger partial charge in [-0.15, -0.1) is 0 Å². The predicted octanol–water partition coefficient (Wildman–Crippen LogP) is 4.55. The molecule has 0 N–H and O–H groups in total. The monoisotopic (exact) mass is 307 g/mol. The fraction of sp³-hybridized carbons (Fsp3) is 0.105. The Balaban J connectivity index is 1.84. The standard InChI is InChI=1S/C19H14ClNO/c20-19-17(14-22)16-11-4-5-12-18(16)21(19)13-7-6-10-15-8-2-1-3-9-15/h1-5,8-9,11-12,14H,7,13H2. The van der Waals surface area contributed by atoms with Crippen LogP contribution in [0.15, 0.2) is 54.6 Å². The van der Waals surface area contributed by atoms with Gasteiger partial charge in [-0.3, -0.25) is 4.79 Å². The third-order valence-corrected chi connectivity index (χ3v) is 3.94. The van der Waals surface area contributed by atoms with E-state index >= 15 is 0 Å². The summed E-state index contributed by atoms with van der Waals surface area (Å²) in [6, 6.07) is 17.6. The first kappa shape index (κ1) is 14.4. The number of rotatable bonds is 3. The van der Waals surface area contributed by atoms with Gasteiger partial charge >= 0.3 is 0 Å². The highest BCUT2D eigenvalue weighted by atomic mass is 35.5. The van der Waals surface area contributed by atoms with E-state index in [0.717, 1.165) is 22.8 Å². The lowest BCUT2D eigenvalue weighted by atomic mass is 10.2. The molecule has 1 heterocycles. The highest BCUT2D eigenvalue weighted by Crippen LogP contribution is 2.28. The molecule has 108 valence electrons. The summed E-state index contributed by atoms with van der Waals surface area (Å²) < 4.78 is 1.94. The fourth-order valence-corrected chi connectivity index (χ4v) is 2.81. The molecule has 0 bridgehead atoms. The van der Waals surface area contributed by atoms with Crippen molar-refractivity contribution < 1.29 is 4.79 Å². The lowest BCUT2D eigenvalue weighted by Crippen LogP contribution is -1.97.